The maximum absolute atomic E-state index is 12.5. The minimum absolute atomic E-state index is 0.173. The molecule has 2 amide bonds. The highest BCUT2D eigenvalue weighted by molar-refractivity contribution is 14.1. The van der Waals surface area contributed by atoms with Crippen LogP contribution in [0.2, 0.25) is 0 Å². The molecule has 0 aliphatic carbocycles. The zero-order valence-electron chi connectivity index (χ0n) is 15.6. The first-order valence-electron chi connectivity index (χ1n) is 8.83. The molecule has 148 valence electrons. The van der Waals surface area contributed by atoms with Gasteiger partial charge in [0.2, 0.25) is 5.91 Å². The molecular weight excluding hydrogens is 475 g/mol. The molecule has 3 aromatic heterocycles. The van der Waals surface area contributed by atoms with Crippen molar-refractivity contribution in [1.82, 2.24) is 24.9 Å². The van der Waals surface area contributed by atoms with Gasteiger partial charge in [0.05, 0.1) is 34.8 Å². The summed E-state index contributed by atoms with van der Waals surface area (Å²) >= 11 is 2.20. The molecule has 0 atom stereocenters. The predicted molar refractivity (Wildman–Crippen MR) is 111 cm³/mol. The van der Waals surface area contributed by atoms with Crippen LogP contribution >= 0.6 is 22.6 Å². The third-order valence-electron chi connectivity index (χ3n) is 4.17. The Labute approximate surface area is 175 Å². The zero-order chi connectivity index (χ0) is 20.1. The first kappa shape index (κ1) is 20.1. The topological polar surface area (TPSA) is 107 Å². The van der Waals surface area contributed by atoms with Crippen LogP contribution in [0.4, 0.5) is 5.69 Å². The average Bonchev–Trinajstić information content (AvgIpc) is 3.41. The summed E-state index contributed by atoms with van der Waals surface area (Å²) in [4.78, 5) is 24.9. The molecule has 0 unspecified atom stereocenters. The van der Waals surface area contributed by atoms with Crippen molar-refractivity contribution in [3.05, 3.63) is 51.5 Å². The molecule has 0 fully saturated rings. The maximum atomic E-state index is 12.5. The van der Waals surface area contributed by atoms with Crippen molar-refractivity contribution in [3.8, 4) is 0 Å². The summed E-state index contributed by atoms with van der Waals surface area (Å²) in [6.45, 7) is 5.15. The average molecular weight is 496 g/mol. The van der Waals surface area contributed by atoms with Crippen LogP contribution in [-0.4, -0.2) is 31.4 Å². The quantitative estimate of drug-likeness (QED) is 0.467. The summed E-state index contributed by atoms with van der Waals surface area (Å²) in [5.41, 5.74) is 1.58. The third kappa shape index (κ3) is 4.80. The number of carbonyl (C=O) groups excluding carboxylic acids is 2. The van der Waals surface area contributed by atoms with Gasteiger partial charge in [0.25, 0.3) is 5.91 Å². The molecule has 10 heteroatoms. The predicted octanol–water partition coefficient (Wildman–Crippen LogP) is 2.56. The molecule has 2 N–H and O–H groups in total. The number of hydrogen-bond acceptors (Lipinski definition) is 5. The van der Waals surface area contributed by atoms with E-state index in [4.69, 9.17) is 4.42 Å². The van der Waals surface area contributed by atoms with Gasteiger partial charge in [-0.2, -0.15) is 10.2 Å². The molecule has 3 heterocycles. The Balaban J connectivity index is 1.63. The summed E-state index contributed by atoms with van der Waals surface area (Å²) in [6, 6.07) is 3.52. The third-order valence-corrected chi connectivity index (χ3v) is 5.23. The van der Waals surface area contributed by atoms with Crippen LogP contribution < -0.4 is 10.6 Å². The van der Waals surface area contributed by atoms with E-state index in [1.807, 2.05) is 13.8 Å². The molecule has 28 heavy (non-hydrogen) atoms. The van der Waals surface area contributed by atoms with Crippen LogP contribution in [0.15, 0.2) is 35.2 Å². The van der Waals surface area contributed by atoms with Gasteiger partial charge in [0.1, 0.15) is 5.76 Å². The molecule has 3 rings (SSSR count). The van der Waals surface area contributed by atoms with Crippen molar-refractivity contribution in [1.29, 1.82) is 0 Å². The van der Waals surface area contributed by atoms with Crippen molar-refractivity contribution in [2.24, 2.45) is 0 Å². The van der Waals surface area contributed by atoms with Crippen molar-refractivity contribution in [3.63, 3.8) is 0 Å². The lowest BCUT2D eigenvalue weighted by atomic mass is 10.3. The van der Waals surface area contributed by atoms with Gasteiger partial charge in [-0.25, -0.2) is 0 Å². The fourth-order valence-electron chi connectivity index (χ4n) is 2.58. The highest BCUT2D eigenvalue weighted by Crippen LogP contribution is 2.15. The Hall–Kier alpha value is -2.63. The number of aromatic nitrogens is 4. The van der Waals surface area contributed by atoms with Gasteiger partial charge in [-0.1, -0.05) is 0 Å². The molecule has 0 saturated heterocycles. The smallest absolute Gasteiger partial charge is 0.274 e. The Morgan fingerprint density at radius 1 is 1.36 bits per heavy atom. The van der Waals surface area contributed by atoms with Crippen LogP contribution in [0.5, 0.6) is 0 Å². The molecule has 0 spiro atoms. The number of nitrogens with one attached hydrogen (secondary N) is 2. The first-order chi connectivity index (χ1) is 13.5. The first-order valence-corrected chi connectivity index (χ1v) is 9.91. The Kier molecular flexibility index (Phi) is 6.49. The van der Waals surface area contributed by atoms with Crippen LogP contribution in [0, 0.1) is 10.5 Å². The van der Waals surface area contributed by atoms with Gasteiger partial charge in [0, 0.05) is 24.9 Å². The van der Waals surface area contributed by atoms with Gasteiger partial charge in [-0.05, 0) is 48.6 Å². The van der Waals surface area contributed by atoms with Crippen LogP contribution in [0.1, 0.15) is 35.3 Å². The number of carbonyl (C=O) groups is 2. The van der Waals surface area contributed by atoms with Gasteiger partial charge < -0.3 is 15.1 Å². The fraction of sp³-hybridized carbons (Fsp3) is 0.333. The minimum atomic E-state index is -0.378. The molecule has 0 aromatic carbocycles. The van der Waals surface area contributed by atoms with E-state index in [2.05, 4.69) is 43.4 Å². The lowest BCUT2D eigenvalue weighted by Gasteiger charge is -2.07. The second kappa shape index (κ2) is 9.04. The summed E-state index contributed by atoms with van der Waals surface area (Å²) in [7, 11) is 0. The number of furan rings is 1. The number of aryl methyl sites for hydroxylation is 2. The molecule has 0 radical (unpaired) electrons. The number of hydrogen-bond donors (Lipinski definition) is 2. The molecule has 3 aromatic rings. The molecule has 9 nitrogen and oxygen atoms in total. The van der Waals surface area contributed by atoms with E-state index in [-0.39, 0.29) is 30.5 Å². The zero-order valence-corrected chi connectivity index (χ0v) is 17.8. The standard InChI is InChI=1S/C18H21IN6O3/c1-3-24-11-15(17(23-24)18(27)20-9-13-5-4-8-28-13)22-16(26)6-7-25-12(2)14(19)10-21-25/h4-5,8,10-11H,3,6-7,9H2,1-2H3,(H,20,27)(H,22,26). The number of halogens is 1. The van der Waals surface area contributed by atoms with Crippen LogP contribution in [-0.2, 0) is 24.4 Å². The van der Waals surface area contributed by atoms with Crippen molar-refractivity contribution in [2.45, 2.75) is 39.9 Å². The highest BCUT2D eigenvalue weighted by atomic mass is 127. The van der Waals surface area contributed by atoms with Gasteiger partial charge in [-0.3, -0.25) is 19.0 Å². The Morgan fingerprint density at radius 3 is 2.82 bits per heavy atom. The number of nitrogens with zero attached hydrogens (tertiary/aromatic N) is 4. The minimum Gasteiger partial charge on any atom is -0.467 e. The molecule has 0 aliphatic rings. The normalized spacial score (nSPS) is 10.8. The van der Waals surface area contributed by atoms with E-state index in [1.165, 1.54) is 0 Å². The SMILES string of the molecule is CCn1cc(NC(=O)CCn2ncc(I)c2C)c(C(=O)NCc2ccco2)n1. The molecule has 0 aliphatic heterocycles. The maximum Gasteiger partial charge on any atom is 0.274 e. The summed E-state index contributed by atoms with van der Waals surface area (Å²) < 4.78 is 9.65. The largest absolute Gasteiger partial charge is 0.467 e. The number of rotatable bonds is 8. The van der Waals surface area contributed by atoms with Gasteiger partial charge in [-0.15, -0.1) is 0 Å². The number of anilines is 1. The van der Waals surface area contributed by atoms with Crippen LogP contribution in [0.3, 0.4) is 0 Å². The molecular formula is C18H21IN6O3. The van der Waals surface area contributed by atoms with Crippen molar-refractivity contribution < 1.29 is 14.0 Å². The second-order valence-electron chi connectivity index (χ2n) is 6.11. The summed E-state index contributed by atoms with van der Waals surface area (Å²) in [5.74, 6) is 0.0510. The van der Waals surface area contributed by atoms with E-state index < -0.39 is 0 Å². The monoisotopic (exact) mass is 496 g/mol. The van der Waals surface area contributed by atoms with Gasteiger partial charge in [0.15, 0.2) is 5.69 Å². The van der Waals surface area contributed by atoms with E-state index in [9.17, 15) is 9.59 Å². The molecule has 0 saturated carbocycles. The summed E-state index contributed by atoms with van der Waals surface area (Å²) in [6.07, 6.45) is 5.20. The highest BCUT2D eigenvalue weighted by Gasteiger charge is 2.19. The van der Waals surface area contributed by atoms with Gasteiger partial charge >= 0.3 is 0 Å². The van der Waals surface area contributed by atoms with Crippen molar-refractivity contribution >= 4 is 40.1 Å². The molecule has 0 bridgehead atoms. The van der Waals surface area contributed by atoms with Crippen molar-refractivity contribution in [2.75, 3.05) is 5.32 Å². The van der Waals surface area contributed by atoms with E-state index in [0.717, 1.165) is 9.26 Å². The van der Waals surface area contributed by atoms with E-state index in [0.29, 0.717) is 24.5 Å². The van der Waals surface area contributed by atoms with E-state index in [1.54, 1.807) is 40.2 Å². The number of amides is 2. The summed E-state index contributed by atoms with van der Waals surface area (Å²) in [5, 5.41) is 14.0. The second-order valence-corrected chi connectivity index (χ2v) is 7.27. The lowest BCUT2D eigenvalue weighted by Crippen LogP contribution is -2.25. The lowest BCUT2D eigenvalue weighted by molar-refractivity contribution is -0.116. The Bertz CT molecular complexity index is 960. The fourth-order valence-corrected chi connectivity index (χ4v) is 2.98. The Morgan fingerprint density at radius 2 is 2.18 bits per heavy atom. The van der Waals surface area contributed by atoms with Crippen LogP contribution in [0.25, 0.3) is 0 Å². The van der Waals surface area contributed by atoms with E-state index >= 15 is 0 Å².